The van der Waals surface area contributed by atoms with Gasteiger partial charge in [-0.15, -0.1) is 0 Å². The molecule has 0 aliphatic carbocycles. The molecule has 1 rings (SSSR count). The van der Waals surface area contributed by atoms with Gasteiger partial charge in [0.15, 0.2) is 0 Å². The quantitative estimate of drug-likeness (QED) is 0.282. The third-order valence-electron chi connectivity index (χ3n) is 5.18. The Bertz CT molecular complexity index is 278. The average molecular weight is 329 g/mol. The summed E-state index contributed by atoms with van der Waals surface area (Å²) in [4.78, 5) is 0. The fraction of sp³-hybridized carbons (Fsp3) is 1.00. The normalized spacial score (nSPS) is 21.1. The van der Waals surface area contributed by atoms with Gasteiger partial charge in [0.25, 0.3) is 0 Å². The molecule has 138 valence electrons. The maximum Gasteiger partial charge on any atom is 0.104 e. The average Bonchev–Trinajstić information content (AvgIpc) is 3.34. The van der Waals surface area contributed by atoms with Crippen LogP contribution in [0.3, 0.4) is 0 Å². The van der Waals surface area contributed by atoms with Crippen molar-refractivity contribution in [3.8, 4) is 0 Å². The lowest BCUT2D eigenvalue weighted by atomic mass is 9.82. The Morgan fingerprint density at radius 2 is 1.78 bits per heavy atom. The van der Waals surface area contributed by atoms with Gasteiger partial charge < -0.3 is 14.2 Å². The molecule has 3 heteroatoms. The molecule has 23 heavy (non-hydrogen) atoms. The van der Waals surface area contributed by atoms with E-state index in [2.05, 4.69) is 27.7 Å². The molecule has 3 unspecified atom stereocenters. The number of epoxide rings is 1. The van der Waals surface area contributed by atoms with Crippen LogP contribution in [-0.2, 0) is 14.2 Å². The number of hydrogen-bond acceptors (Lipinski definition) is 3. The molecule has 0 aromatic heterocycles. The summed E-state index contributed by atoms with van der Waals surface area (Å²) < 4.78 is 17.0. The third kappa shape index (κ3) is 9.69. The Labute approximate surface area is 144 Å². The van der Waals surface area contributed by atoms with E-state index in [0.29, 0.717) is 12.0 Å². The van der Waals surface area contributed by atoms with Crippen molar-refractivity contribution in [3.63, 3.8) is 0 Å². The maximum atomic E-state index is 6.15. The van der Waals surface area contributed by atoms with Crippen LogP contribution >= 0.6 is 0 Å². The van der Waals surface area contributed by atoms with Crippen molar-refractivity contribution in [2.24, 2.45) is 5.92 Å². The van der Waals surface area contributed by atoms with Crippen LogP contribution in [0.2, 0.25) is 0 Å². The number of unbranched alkanes of at least 4 members (excludes halogenated alkanes) is 5. The number of rotatable bonds is 16. The van der Waals surface area contributed by atoms with Crippen LogP contribution in [0.4, 0.5) is 0 Å². The molecule has 0 saturated carbocycles. The van der Waals surface area contributed by atoms with Gasteiger partial charge in [-0.1, -0.05) is 52.4 Å². The second-order valence-corrected chi connectivity index (χ2v) is 7.34. The van der Waals surface area contributed by atoms with Crippen molar-refractivity contribution >= 4 is 0 Å². The van der Waals surface area contributed by atoms with Gasteiger partial charge in [0, 0.05) is 13.2 Å². The summed E-state index contributed by atoms with van der Waals surface area (Å²) in [5.41, 5.74) is -0.00237. The summed E-state index contributed by atoms with van der Waals surface area (Å²) >= 11 is 0. The molecule has 1 aliphatic heterocycles. The van der Waals surface area contributed by atoms with Crippen LogP contribution in [0.15, 0.2) is 0 Å². The highest BCUT2D eigenvalue weighted by Crippen LogP contribution is 2.31. The van der Waals surface area contributed by atoms with E-state index in [9.17, 15) is 0 Å². The minimum Gasteiger partial charge on any atom is -0.379 e. The predicted molar refractivity (Wildman–Crippen MR) is 97.0 cm³/mol. The molecular formula is C20H40O3. The predicted octanol–water partition coefficient (Wildman–Crippen LogP) is 5.36. The van der Waals surface area contributed by atoms with Gasteiger partial charge >= 0.3 is 0 Å². The van der Waals surface area contributed by atoms with Gasteiger partial charge in [0.05, 0.1) is 18.8 Å². The standard InChI is InChI=1S/C20H40O3/c1-5-7-8-9-10-11-13-18(3)20(4,23-6-2)14-12-15-21-16-19-17-22-19/h18-19H,5-17H2,1-4H3. The van der Waals surface area contributed by atoms with E-state index >= 15 is 0 Å². The number of hydrogen-bond donors (Lipinski definition) is 0. The molecule has 0 spiro atoms. The fourth-order valence-electron chi connectivity index (χ4n) is 3.23. The molecule has 3 nitrogen and oxygen atoms in total. The monoisotopic (exact) mass is 328 g/mol. The zero-order valence-corrected chi connectivity index (χ0v) is 16.1. The summed E-state index contributed by atoms with van der Waals surface area (Å²) in [5.74, 6) is 0.611. The molecule has 0 bridgehead atoms. The van der Waals surface area contributed by atoms with E-state index in [1.807, 2.05) is 0 Å². The van der Waals surface area contributed by atoms with Crippen LogP contribution in [0, 0.1) is 5.92 Å². The molecule has 0 N–H and O–H groups in total. The van der Waals surface area contributed by atoms with Crippen molar-refractivity contribution in [1.29, 1.82) is 0 Å². The summed E-state index contributed by atoms with van der Waals surface area (Å²) in [6, 6.07) is 0. The molecule has 0 radical (unpaired) electrons. The molecule has 3 atom stereocenters. The highest BCUT2D eigenvalue weighted by atomic mass is 16.6. The zero-order valence-electron chi connectivity index (χ0n) is 16.1. The van der Waals surface area contributed by atoms with Gasteiger partial charge in [-0.05, 0) is 39.0 Å². The van der Waals surface area contributed by atoms with E-state index in [1.54, 1.807) is 0 Å². The molecular weight excluding hydrogens is 288 g/mol. The Morgan fingerprint density at radius 1 is 1.09 bits per heavy atom. The summed E-state index contributed by atoms with van der Waals surface area (Å²) in [6.07, 6.45) is 12.0. The van der Waals surface area contributed by atoms with Crippen molar-refractivity contribution in [2.45, 2.75) is 97.2 Å². The van der Waals surface area contributed by atoms with E-state index in [4.69, 9.17) is 14.2 Å². The van der Waals surface area contributed by atoms with Gasteiger partial charge in [-0.3, -0.25) is 0 Å². The smallest absolute Gasteiger partial charge is 0.104 e. The van der Waals surface area contributed by atoms with Crippen LogP contribution < -0.4 is 0 Å². The molecule has 1 heterocycles. The maximum absolute atomic E-state index is 6.15. The lowest BCUT2D eigenvalue weighted by Crippen LogP contribution is -2.37. The first-order chi connectivity index (χ1) is 11.1. The fourth-order valence-corrected chi connectivity index (χ4v) is 3.23. The largest absolute Gasteiger partial charge is 0.379 e. The lowest BCUT2D eigenvalue weighted by molar-refractivity contribution is -0.0764. The van der Waals surface area contributed by atoms with Crippen LogP contribution in [-0.4, -0.2) is 38.1 Å². The zero-order chi connectivity index (χ0) is 17.0. The first-order valence-electron chi connectivity index (χ1n) is 9.95. The molecule has 0 amide bonds. The highest BCUT2D eigenvalue weighted by molar-refractivity contribution is 4.81. The van der Waals surface area contributed by atoms with Crippen molar-refractivity contribution in [3.05, 3.63) is 0 Å². The first kappa shape index (κ1) is 20.9. The minimum atomic E-state index is -0.00237. The Morgan fingerprint density at radius 3 is 2.43 bits per heavy atom. The van der Waals surface area contributed by atoms with Crippen molar-refractivity contribution < 1.29 is 14.2 Å². The molecule has 1 fully saturated rings. The topological polar surface area (TPSA) is 31.0 Å². The highest BCUT2D eigenvalue weighted by Gasteiger charge is 2.31. The molecule has 1 aliphatic rings. The lowest BCUT2D eigenvalue weighted by Gasteiger charge is -2.36. The van der Waals surface area contributed by atoms with Crippen LogP contribution in [0.5, 0.6) is 0 Å². The number of ether oxygens (including phenoxy) is 3. The van der Waals surface area contributed by atoms with Gasteiger partial charge in [-0.2, -0.15) is 0 Å². The second kappa shape index (κ2) is 12.3. The minimum absolute atomic E-state index is 0.00237. The van der Waals surface area contributed by atoms with Gasteiger partial charge in [0.1, 0.15) is 6.10 Å². The van der Waals surface area contributed by atoms with Gasteiger partial charge in [-0.25, -0.2) is 0 Å². The van der Waals surface area contributed by atoms with E-state index in [1.165, 1.54) is 44.9 Å². The third-order valence-corrected chi connectivity index (χ3v) is 5.18. The Kier molecular flexibility index (Phi) is 11.2. The second-order valence-electron chi connectivity index (χ2n) is 7.34. The van der Waals surface area contributed by atoms with Crippen LogP contribution in [0.1, 0.15) is 85.5 Å². The molecule has 1 saturated heterocycles. The molecule has 0 aromatic carbocycles. The van der Waals surface area contributed by atoms with Gasteiger partial charge in [0.2, 0.25) is 0 Å². The summed E-state index contributed by atoms with van der Waals surface area (Å²) in [6.45, 7) is 12.3. The van der Waals surface area contributed by atoms with Crippen molar-refractivity contribution in [2.75, 3.05) is 26.4 Å². The SMILES string of the molecule is CCCCCCCCC(C)C(C)(CCCOCC1CO1)OCC. The van der Waals surface area contributed by atoms with Crippen LogP contribution in [0.25, 0.3) is 0 Å². The summed E-state index contributed by atoms with van der Waals surface area (Å²) in [7, 11) is 0. The van der Waals surface area contributed by atoms with E-state index in [0.717, 1.165) is 39.3 Å². The summed E-state index contributed by atoms with van der Waals surface area (Å²) in [5, 5.41) is 0. The Balaban J connectivity index is 2.16. The first-order valence-corrected chi connectivity index (χ1v) is 9.95. The van der Waals surface area contributed by atoms with E-state index in [-0.39, 0.29) is 5.60 Å². The molecule has 0 aromatic rings. The van der Waals surface area contributed by atoms with E-state index < -0.39 is 0 Å². The van der Waals surface area contributed by atoms with Crippen molar-refractivity contribution in [1.82, 2.24) is 0 Å². The Hall–Kier alpha value is -0.120.